The number of nitrogens with zero attached hydrogens (tertiary/aromatic N) is 1. The molecule has 1 amide bonds. The molecule has 2 rings (SSSR count). The highest BCUT2D eigenvalue weighted by Crippen LogP contribution is 2.34. The molecule has 1 aromatic rings. The average molecular weight is 380 g/mol. The number of ether oxygens (including phenoxy) is 2. The van der Waals surface area contributed by atoms with Gasteiger partial charge in [-0.3, -0.25) is 14.5 Å². The van der Waals surface area contributed by atoms with Crippen LogP contribution >= 0.6 is 24.0 Å². The smallest absolute Gasteiger partial charge is 0.326 e. The molecule has 134 valence electrons. The van der Waals surface area contributed by atoms with Gasteiger partial charge in [-0.15, -0.1) is 0 Å². The van der Waals surface area contributed by atoms with Gasteiger partial charge in [0.05, 0.1) is 17.6 Å². The Hall–Kier alpha value is -1.86. The molecule has 0 unspecified atom stereocenters. The summed E-state index contributed by atoms with van der Waals surface area (Å²) in [6, 6.07) is 7.46. The van der Waals surface area contributed by atoms with Gasteiger partial charge in [-0.25, -0.2) is 0 Å². The van der Waals surface area contributed by atoms with Gasteiger partial charge in [0.2, 0.25) is 0 Å². The molecule has 5 nitrogen and oxygen atoms in total. The van der Waals surface area contributed by atoms with E-state index in [9.17, 15) is 9.59 Å². The molecule has 0 saturated carbocycles. The Morgan fingerprint density at radius 1 is 1.36 bits per heavy atom. The second-order valence-corrected chi connectivity index (χ2v) is 7.12. The Morgan fingerprint density at radius 3 is 2.76 bits per heavy atom. The lowest BCUT2D eigenvalue weighted by Crippen LogP contribution is -2.35. The van der Waals surface area contributed by atoms with E-state index in [2.05, 4.69) is 0 Å². The van der Waals surface area contributed by atoms with Gasteiger partial charge in [-0.1, -0.05) is 49.1 Å². The van der Waals surface area contributed by atoms with Crippen LogP contribution < -0.4 is 4.74 Å². The summed E-state index contributed by atoms with van der Waals surface area (Å²) in [6.45, 7) is 6.01. The molecule has 25 heavy (non-hydrogen) atoms. The number of benzene rings is 1. The Morgan fingerprint density at radius 2 is 2.08 bits per heavy atom. The first-order valence-electron chi connectivity index (χ1n) is 8.12. The number of amides is 1. The Kier molecular flexibility index (Phi) is 7.01. The van der Waals surface area contributed by atoms with Crippen molar-refractivity contribution in [3.8, 4) is 5.75 Å². The van der Waals surface area contributed by atoms with Crippen molar-refractivity contribution in [2.45, 2.75) is 33.3 Å². The van der Waals surface area contributed by atoms with Crippen LogP contribution in [0.1, 0.15) is 32.8 Å². The molecule has 1 aromatic carbocycles. The summed E-state index contributed by atoms with van der Waals surface area (Å²) in [7, 11) is 0. The fraction of sp³-hybridized carbons (Fsp3) is 0.389. The fourth-order valence-electron chi connectivity index (χ4n) is 2.14. The number of hydrogen-bond donors (Lipinski definition) is 0. The zero-order chi connectivity index (χ0) is 18.4. The van der Waals surface area contributed by atoms with Crippen molar-refractivity contribution in [3.05, 3.63) is 34.7 Å². The van der Waals surface area contributed by atoms with E-state index < -0.39 is 5.97 Å². The second kappa shape index (κ2) is 9.01. The van der Waals surface area contributed by atoms with Gasteiger partial charge in [0.25, 0.3) is 5.91 Å². The number of hydrogen-bond acceptors (Lipinski definition) is 6. The van der Waals surface area contributed by atoms with Crippen LogP contribution in [0.25, 0.3) is 6.08 Å². The first kappa shape index (κ1) is 19.5. The van der Waals surface area contributed by atoms with Crippen molar-refractivity contribution >= 4 is 46.3 Å². The molecule has 1 saturated heterocycles. The minimum atomic E-state index is -0.457. The standard InChI is InChI=1S/C18H21NO4S2/c1-4-12(3)23-16(20)11-19-17(21)15(25-18(19)24)10-13-8-6-7-9-14(13)22-5-2/h6-10,12H,4-5,11H2,1-3H3/b15-10+/t12-/m0/s1. The van der Waals surface area contributed by atoms with Crippen molar-refractivity contribution in [2.24, 2.45) is 0 Å². The van der Waals surface area contributed by atoms with Crippen LogP contribution in [0.5, 0.6) is 5.75 Å². The van der Waals surface area contributed by atoms with Crippen LogP contribution in [0.2, 0.25) is 0 Å². The highest BCUT2D eigenvalue weighted by Gasteiger charge is 2.34. The van der Waals surface area contributed by atoms with E-state index in [-0.39, 0.29) is 18.6 Å². The Bertz CT molecular complexity index is 702. The van der Waals surface area contributed by atoms with E-state index in [1.807, 2.05) is 45.0 Å². The normalized spacial score (nSPS) is 17.1. The predicted octanol–water partition coefficient (Wildman–Crippen LogP) is 3.63. The van der Waals surface area contributed by atoms with Gasteiger partial charge in [0, 0.05) is 5.56 Å². The first-order valence-corrected chi connectivity index (χ1v) is 9.35. The molecular formula is C18H21NO4S2. The molecule has 0 aromatic heterocycles. The molecule has 7 heteroatoms. The molecule has 0 bridgehead atoms. The molecule has 0 N–H and O–H groups in total. The third-order valence-corrected chi connectivity index (χ3v) is 4.95. The van der Waals surface area contributed by atoms with Crippen molar-refractivity contribution < 1.29 is 19.1 Å². The average Bonchev–Trinajstić information content (AvgIpc) is 2.84. The quantitative estimate of drug-likeness (QED) is 0.410. The summed E-state index contributed by atoms with van der Waals surface area (Å²) in [4.78, 5) is 26.3. The molecule has 1 atom stereocenters. The van der Waals surface area contributed by atoms with Crippen molar-refractivity contribution in [2.75, 3.05) is 13.2 Å². The number of thioether (sulfide) groups is 1. The SMILES string of the molecule is CCOc1ccccc1/C=C1/SC(=S)N(CC(=O)O[C@@H](C)CC)C1=O. The highest BCUT2D eigenvalue weighted by molar-refractivity contribution is 8.26. The zero-order valence-electron chi connectivity index (χ0n) is 14.5. The lowest BCUT2D eigenvalue weighted by Gasteiger charge is -2.16. The van der Waals surface area contributed by atoms with Crippen LogP contribution in [0.3, 0.4) is 0 Å². The van der Waals surface area contributed by atoms with E-state index in [0.717, 1.165) is 12.0 Å². The molecular weight excluding hydrogens is 358 g/mol. The molecule has 0 radical (unpaired) electrons. The van der Waals surface area contributed by atoms with E-state index in [1.54, 1.807) is 6.08 Å². The van der Waals surface area contributed by atoms with Gasteiger partial charge in [-0.05, 0) is 32.4 Å². The van der Waals surface area contributed by atoms with Crippen molar-refractivity contribution in [3.63, 3.8) is 0 Å². The maximum Gasteiger partial charge on any atom is 0.326 e. The lowest BCUT2D eigenvalue weighted by atomic mass is 10.2. The topological polar surface area (TPSA) is 55.8 Å². The maximum absolute atomic E-state index is 12.6. The van der Waals surface area contributed by atoms with Gasteiger partial charge < -0.3 is 9.47 Å². The summed E-state index contributed by atoms with van der Waals surface area (Å²) in [5, 5.41) is 0. The summed E-state index contributed by atoms with van der Waals surface area (Å²) in [6.07, 6.45) is 2.28. The van der Waals surface area contributed by atoms with Crippen molar-refractivity contribution in [1.82, 2.24) is 4.90 Å². The van der Waals surface area contributed by atoms with Crippen LogP contribution in [-0.2, 0) is 14.3 Å². The van der Waals surface area contributed by atoms with Gasteiger partial charge in [0.1, 0.15) is 16.6 Å². The predicted molar refractivity (Wildman–Crippen MR) is 103 cm³/mol. The monoisotopic (exact) mass is 379 g/mol. The number of para-hydroxylation sites is 1. The molecule has 0 aliphatic carbocycles. The number of carbonyl (C=O) groups is 2. The number of rotatable bonds is 7. The summed E-state index contributed by atoms with van der Waals surface area (Å²) < 4.78 is 11.1. The molecule has 1 aliphatic heterocycles. The molecule has 0 spiro atoms. The van der Waals surface area contributed by atoms with Gasteiger partial charge in [-0.2, -0.15) is 0 Å². The van der Waals surface area contributed by atoms with Crippen LogP contribution in [-0.4, -0.2) is 40.4 Å². The largest absolute Gasteiger partial charge is 0.493 e. The van der Waals surface area contributed by atoms with Crippen LogP contribution in [0.15, 0.2) is 29.2 Å². The van der Waals surface area contributed by atoms with E-state index in [4.69, 9.17) is 21.7 Å². The third-order valence-electron chi connectivity index (χ3n) is 3.57. The van der Waals surface area contributed by atoms with Crippen LogP contribution in [0.4, 0.5) is 0 Å². The van der Waals surface area contributed by atoms with Gasteiger partial charge in [0.15, 0.2) is 0 Å². The third kappa shape index (κ3) is 5.06. The molecule has 1 heterocycles. The first-order chi connectivity index (χ1) is 12.0. The van der Waals surface area contributed by atoms with Gasteiger partial charge >= 0.3 is 5.97 Å². The second-order valence-electron chi connectivity index (χ2n) is 5.45. The van der Waals surface area contributed by atoms with Crippen LogP contribution in [0, 0.1) is 0 Å². The highest BCUT2D eigenvalue weighted by atomic mass is 32.2. The Labute approximate surface area is 157 Å². The molecule has 1 fully saturated rings. The fourth-order valence-corrected chi connectivity index (χ4v) is 3.38. The van der Waals surface area contributed by atoms with Crippen molar-refractivity contribution in [1.29, 1.82) is 0 Å². The van der Waals surface area contributed by atoms with E-state index in [1.165, 1.54) is 16.7 Å². The maximum atomic E-state index is 12.6. The zero-order valence-corrected chi connectivity index (χ0v) is 16.1. The summed E-state index contributed by atoms with van der Waals surface area (Å²) in [5.74, 6) is -0.0459. The number of esters is 1. The summed E-state index contributed by atoms with van der Waals surface area (Å²) >= 11 is 6.42. The minimum Gasteiger partial charge on any atom is -0.493 e. The van der Waals surface area contributed by atoms with E-state index in [0.29, 0.717) is 21.6 Å². The lowest BCUT2D eigenvalue weighted by molar-refractivity contribution is -0.150. The summed E-state index contributed by atoms with van der Waals surface area (Å²) in [5.41, 5.74) is 0.798. The number of carbonyl (C=O) groups excluding carboxylic acids is 2. The van der Waals surface area contributed by atoms with E-state index >= 15 is 0 Å². The minimum absolute atomic E-state index is 0.167. The molecule has 1 aliphatic rings. The Balaban J connectivity index is 2.14. The number of thiocarbonyl (C=S) groups is 1.